The van der Waals surface area contributed by atoms with Crippen LogP contribution in [-0.4, -0.2) is 45.9 Å². The van der Waals surface area contributed by atoms with Gasteiger partial charge in [0, 0.05) is 44.3 Å². The predicted octanol–water partition coefficient (Wildman–Crippen LogP) is 4.50. The van der Waals surface area contributed by atoms with Gasteiger partial charge in [-0.05, 0) is 30.9 Å². The van der Waals surface area contributed by atoms with Gasteiger partial charge in [0.1, 0.15) is 5.82 Å². The van der Waals surface area contributed by atoms with Crippen LogP contribution in [0.2, 0.25) is 0 Å². The van der Waals surface area contributed by atoms with E-state index < -0.39 is 0 Å². The quantitative estimate of drug-likeness (QED) is 0.677. The molecule has 2 fully saturated rings. The van der Waals surface area contributed by atoms with E-state index in [-0.39, 0.29) is 0 Å². The molecule has 3 aromatic rings. The minimum atomic E-state index is 0.327. The second-order valence-electron chi connectivity index (χ2n) is 8.50. The van der Waals surface area contributed by atoms with Crippen LogP contribution in [0, 0.1) is 6.92 Å². The average Bonchev–Trinajstić information content (AvgIpc) is 3.55. The lowest BCUT2D eigenvalue weighted by Crippen LogP contribution is -2.47. The number of nitrogens with one attached hydrogen (secondary N) is 1. The lowest BCUT2D eigenvalue weighted by Gasteiger charge is -2.39. The Morgan fingerprint density at radius 3 is 2.03 bits per heavy atom. The molecule has 0 unspecified atom stereocenters. The summed E-state index contributed by atoms with van der Waals surface area (Å²) in [4.78, 5) is 13.6. The molecular formula is C25H30N4. The lowest BCUT2D eigenvalue weighted by molar-refractivity contribution is 0.104. The highest BCUT2D eigenvalue weighted by Crippen LogP contribution is 2.38. The second kappa shape index (κ2) is 8.13. The van der Waals surface area contributed by atoms with Crippen LogP contribution in [0.1, 0.15) is 53.1 Å². The predicted molar refractivity (Wildman–Crippen MR) is 117 cm³/mol. The van der Waals surface area contributed by atoms with Crippen molar-refractivity contribution in [1.29, 1.82) is 0 Å². The Hall–Kier alpha value is -2.43. The highest BCUT2D eigenvalue weighted by Gasteiger charge is 2.29. The minimum absolute atomic E-state index is 0.327. The Bertz CT molecular complexity index is 882. The molecule has 1 saturated heterocycles. The molecule has 29 heavy (non-hydrogen) atoms. The van der Waals surface area contributed by atoms with Gasteiger partial charge in [-0.25, -0.2) is 4.98 Å². The van der Waals surface area contributed by atoms with Crippen molar-refractivity contribution >= 4 is 0 Å². The van der Waals surface area contributed by atoms with E-state index in [1.165, 1.54) is 41.2 Å². The van der Waals surface area contributed by atoms with E-state index in [9.17, 15) is 0 Å². The Morgan fingerprint density at radius 1 is 0.897 bits per heavy atom. The first-order valence-corrected chi connectivity index (χ1v) is 10.9. The topological polar surface area (TPSA) is 35.2 Å². The first kappa shape index (κ1) is 18.6. The summed E-state index contributed by atoms with van der Waals surface area (Å²) >= 11 is 0. The third kappa shape index (κ3) is 4.14. The van der Waals surface area contributed by atoms with Crippen LogP contribution in [-0.2, 0) is 6.54 Å². The molecule has 0 atom stereocenters. The molecule has 2 aliphatic rings. The van der Waals surface area contributed by atoms with Crippen LogP contribution in [0.4, 0.5) is 0 Å². The van der Waals surface area contributed by atoms with Crippen LogP contribution in [0.15, 0.2) is 60.7 Å². The van der Waals surface area contributed by atoms with Gasteiger partial charge in [0.15, 0.2) is 0 Å². The van der Waals surface area contributed by atoms with Gasteiger partial charge in [0.25, 0.3) is 0 Å². The molecule has 0 amide bonds. The van der Waals surface area contributed by atoms with Gasteiger partial charge in [-0.1, -0.05) is 60.7 Å². The van der Waals surface area contributed by atoms with E-state index in [0.717, 1.165) is 32.7 Å². The number of aromatic nitrogens is 2. The van der Waals surface area contributed by atoms with Crippen LogP contribution < -0.4 is 0 Å². The smallest absolute Gasteiger partial charge is 0.109 e. The lowest BCUT2D eigenvalue weighted by atomic mass is 9.96. The van der Waals surface area contributed by atoms with Gasteiger partial charge in [0.05, 0.1) is 11.7 Å². The maximum Gasteiger partial charge on any atom is 0.109 e. The Kier molecular flexibility index (Phi) is 5.21. The number of piperazine rings is 1. The van der Waals surface area contributed by atoms with E-state index in [2.05, 4.69) is 82.4 Å². The van der Waals surface area contributed by atoms with Crippen LogP contribution >= 0.6 is 0 Å². The van der Waals surface area contributed by atoms with Crippen molar-refractivity contribution < 1.29 is 0 Å². The summed E-state index contributed by atoms with van der Waals surface area (Å²) in [5.74, 6) is 1.90. The van der Waals surface area contributed by atoms with Crippen molar-refractivity contribution in [1.82, 2.24) is 19.8 Å². The van der Waals surface area contributed by atoms with Crippen molar-refractivity contribution in [3.8, 4) is 0 Å². The summed E-state index contributed by atoms with van der Waals surface area (Å²) in [5, 5.41) is 0. The van der Waals surface area contributed by atoms with Gasteiger partial charge in [-0.3, -0.25) is 9.80 Å². The number of aryl methyl sites for hydroxylation is 1. The summed E-state index contributed by atoms with van der Waals surface area (Å²) < 4.78 is 0. The monoisotopic (exact) mass is 386 g/mol. The molecule has 0 bridgehead atoms. The fraction of sp³-hybridized carbons (Fsp3) is 0.400. The average molecular weight is 387 g/mol. The standard InChI is InChI=1S/C25H30N4/c1-19-23(27-25(26-19)22-12-13-22)18-28-14-16-29(17-15-28)24(20-8-4-2-5-9-20)21-10-6-3-7-11-21/h2-11,22,24H,12-18H2,1H3,(H,26,27). The highest BCUT2D eigenvalue weighted by atomic mass is 15.3. The summed E-state index contributed by atoms with van der Waals surface area (Å²) in [7, 11) is 0. The molecule has 4 heteroatoms. The van der Waals surface area contributed by atoms with E-state index in [1.807, 2.05) is 0 Å². The number of rotatable bonds is 6. The number of benzene rings is 2. The largest absolute Gasteiger partial charge is 0.346 e. The number of H-pyrrole nitrogens is 1. The van der Waals surface area contributed by atoms with Crippen molar-refractivity contribution in [2.24, 2.45) is 0 Å². The summed E-state index contributed by atoms with van der Waals surface area (Å²) in [5.41, 5.74) is 5.25. The normalized spacial score (nSPS) is 18.4. The molecule has 2 aromatic carbocycles. The van der Waals surface area contributed by atoms with E-state index in [0.29, 0.717) is 12.0 Å². The van der Waals surface area contributed by atoms with Crippen molar-refractivity contribution in [3.05, 3.63) is 89.0 Å². The highest BCUT2D eigenvalue weighted by molar-refractivity contribution is 5.32. The Morgan fingerprint density at radius 2 is 1.48 bits per heavy atom. The summed E-state index contributed by atoms with van der Waals surface area (Å²) in [6, 6.07) is 22.2. The van der Waals surface area contributed by atoms with E-state index in [4.69, 9.17) is 4.98 Å². The maximum absolute atomic E-state index is 4.90. The van der Waals surface area contributed by atoms with Gasteiger partial charge in [-0.2, -0.15) is 0 Å². The van der Waals surface area contributed by atoms with Gasteiger partial charge < -0.3 is 4.98 Å². The minimum Gasteiger partial charge on any atom is -0.346 e. The molecule has 2 heterocycles. The molecule has 1 aromatic heterocycles. The number of hydrogen-bond donors (Lipinski definition) is 1. The zero-order valence-corrected chi connectivity index (χ0v) is 17.2. The maximum atomic E-state index is 4.90. The van der Waals surface area contributed by atoms with Gasteiger partial charge >= 0.3 is 0 Å². The van der Waals surface area contributed by atoms with E-state index in [1.54, 1.807) is 0 Å². The zero-order valence-electron chi connectivity index (χ0n) is 17.2. The molecule has 1 aliphatic heterocycles. The first-order valence-electron chi connectivity index (χ1n) is 10.9. The van der Waals surface area contributed by atoms with Gasteiger partial charge in [0.2, 0.25) is 0 Å². The third-order valence-electron chi connectivity index (χ3n) is 6.34. The molecule has 1 N–H and O–H groups in total. The molecule has 4 nitrogen and oxygen atoms in total. The zero-order chi connectivity index (χ0) is 19.6. The second-order valence-corrected chi connectivity index (χ2v) is 8.50. The number of aromatic amines is 1. The fourth-order valence-corrected chi connectivity index (χ4v) is 4.50. The van der Waals surface area contributed by atoms with Crippen molar-refractivity contribution in [2.75, 3.05) is 26.2 Å². The Balaban J connectivity index is 1.28. The fourth-order valence-electron chi connectivity index (χ4n) is 4.50. The van der Waals surface area contributed by atoms with Crippen LogP contribution in [0.25, 0.3) is 0 Å². The van der Waals surface area contributed by atoms with Crippen LogP contribution in [0.5, 0.6) is 0 Å². The number of imidazole rings is 1. The number of hydrogen-bond acceptors (Lipinski definition) is 3. The molecule has 5 rings (SSSR count). The third-order valence-corrected chi connectivity index (χ3v) is 6.34. The molecule has 0 radical (unpaired) electrons. The molecule has 0 spiro atoms. The molecular weight excluding hydrogens is 356 g/mol. The molecule has 1 saturated carbocycles. The van der Waals surface area contributed by atoms with Crippen LogP contribution in [0.3, 0.4) is 0 Å². The Labute approximate surface area is 173 Å². The van der Waals surface area contributed by atoms with Gasteiger partial charge in [-0.15, -0.1) is 0 Å². The van der Waals surface area contributed by atoms with E-state index >= 15 is 0 Å². The molecule has 150 valence electrons. The summed E-state index contributed by atoms with van der Waals surface area (Å²) in [6.07, 6.45) is 2.59. The first-order chi connectivity index (χ1) is 14.3. The van der Waals surface area contributed by atoms with Crippen molar-refractivity contribution in [3.63, 3.8) is 0 Å². The number of nitrogens with zero attached hydrogens (tertiary/aromatic N) is 3. The van der Waals surface area contributed by atoms with Crippen molar-refractivity contribution in [2.45, 2.75) is 38.3 Å². The summed E-state index contributed by atoms with van der Waals surface area (Å²) in [6.45, 7) is 7.46. The molecule has 1 aliphatic carbocycles. The SMILES string of the molecule is Cc1[nH]c(C2CC2)nc1CN1CCN(C(c2ccccc2)c2ccccc2)CC1.